The Morgan fingerprint density at radius 2 is 1.62 bits per heavy atom. The first kappa shape index (κ1) is 13.0. The third-order valence-corrected chi connectivity index (χ3v) is 2.80. The molecule has 1 nitrogen and oxygen atoms in total. The van der Waals surface area contributed by atoms with E-state index in [0.717, 1.165) is 17.8 Å². The van der Waals surface area contributed by atoms with Crippen molar-refractivity contribution in [2.75, 3.05) is 20.1 Å². The van der Waals surface area contributed by atoms with E-state index in [1.807, 2.05) is 0 Å². The minimum absolute atomic E-state index is 0.816. The minimum atomic E-state index is 0.816. The maximum absolute atomic E-state index is 2.42. The Balaban J connectivity index is 3.94. The number of rotatable bonds is 6. The van der Waals surface area contributed by atoms with Crippen LogP contribution in [0.5, 0.6) is 0 Å². The van der Waals surface area contributed by atoms with Gasteiger partial charge < -0.3 is 4.90 Å². The summed E-state index contributed by atoms with van der Waals surface area (Å²) in [5.74, 6) is 2.51. The molecule has 13 heavy (non-hydrogen) atoms. The lowest BCUT2D eigenvalue weighted by Crippen LogP contribution is -2.29. The molecule has 1 heteroatoms. The quantitative estimate of drug-likeness (QED) is 0.614. The van der Waals surface area contributed by atoms with Crippen molar-refractivity contribution in [2.24, 2.45) is 17.8 Å². The zero-order valence-corrected chi connectivity index (χ0v) is 10.3. The maximum Gasteiger partial charge on any atom is 0.000903 e. The Kier molecular flexibility index (Phi) is 6.40. The SMILES string of the molecule is CCN(C)CC(CC(C)C)C(C)C. The van der Waals surface area contributed by atoms with Gasteiger partial charge in [0.1, 0.15) is 0 Å². The van der Waals surface area contributed by atoms with Crippen molar-refractivity contribution in [1.82, 2.24) is 4.90 Å². The van der Waals surface area contributed by atoms with Crippen LogP contribution in [0, 0.1) is 17.8 Å². The zero-order valence-electron chi connectivity index (χ0n) is 10.3. The van der Waals surface area contributed by atoms with Gasteiger partial charge in [0.2, 0.25) is 0 Å². The lowest BCUT2D eigenvalue weighted by Gasteiger charge is -2.27. The smallest absolute Gasteiger partial charge is 0.000903 e. The molecule has 0 aromatic rings. The Bertz CT molecular complexity index is 118. The first-order valence-corrected chi connectivity index (χ1v) is 5.65. The molecule has 0 rings (SSSR count). The van der Waals surface area contributed by atoms with Crippen LogP contribution in [0.3, 0.4) is 0 Å². The fraction of sp³-hybridized carbons (Fsp3) is 1.00. The molecule has 0 heterocycles. The van der Waals surface area contributed by atoms with Gasteiger partial charge in [-0.2, -0.15) is 0 Å². The lowest BCUT2D eigenvalue weighted by atomic mass is 9.87. The van der Waals surface area contributed by atoms with Gasteiger partial charge in [0, 0.05) is 6.54 Å². The fourth-order valence-electron chi connectivity index (χ4n) is 1.69. The Labute approximate surface area is 84.5 Å². The highest BCUT2D eigenvalue weighted by atomic mass is 15.1. The molecular weight excluding hydrogens is 158 g/mol. The molecule has 1 atom stereocenters. The lowest BCUT2D eigenvalue weighted by molar-refractivity contribution is 0.216. The van der Waals surface area contributed by atoms with Crippen LogP contribution in [0.25, 0.3) is 0 Å². The normalized spacial score (nSPS) is 14.5. The van der Waals surface area contributed by atoms with Crippen LogP contribution >= 0.6 is 0 Å². The van der Waals surface area contributed by atoms with Gasteiger partial charge in [0.15, 0.2) is 0 Å². The average molecular weight is 185 g/mol. The van der Waals surface area contributed by atoms with E-state index >= 15 is 0 Å². The van der Waals surface area contributed by atoms with Crippen molar-refractivity contribution in [3.63, 3.8) is 0 Å². The van der Waals surface area contributed by atoms with Crippen molar-refractivity contribution in [1.29, 1.82) is 0 Å². The minimum Gasteiger partial charge on any atom is -0.306 e. The van der Waals surface area contributed by atoms with Crippen molar-refractivity contribution >= 4 is 0 Å². The summed E-state index contributed by atoms with van der Waals surface area (Å²) in [5.41, 5.74) is 0. The van der Waals surface area contributed by atoms with Gasteiger partial charge in [-0.25, -0.2) is 0 Å². The van der Waals surface area contributed by atoms with E-state index < -0.39 is 0 Å². The molecule has 0 aliphatic heterocycles. The van der Waals surface area contributed by atoms with Crippen LogP contribution in [-0.2, 0) is 0 Å². The first-order valence-electron chi connectivity index (χ1n) is 5.65. The fourth-order valence-corrected chi connectivity index (χ4v) is 1.69. The highest BCUT2D eigenvalue weighted by Crippen LogP contribution is 2.20. The van der Waals surface area contributed by atoms with E-state index in [1.165, 1.54) is 19.5 Å². The molecule has 0 bridgehead atoms. The Hall–Kier alpha value is -0.0400. The summed E-state index contributed by atoms with van der Waals surface area (Å²) in [5, 5.41) is 0. The molecule has 0 saturated heterocycles. The average Bonchev–Trinajstić information content (AvgIpc) is 2.02. The van der Waals surface area contributed by atoms with E-state index in [0.29, 0.717) is 0 Å². The number of hydrogen-bond donors (Lipinski definition) is 0. The molecule has 0 amide bonds. The summed E-state index contributed by atoms with van der Waals surface area (Å²) in [4.78, 5) is 2.42. The molecule has 0 spiro atoms. The summed E-state index contributed by atoms with van der Waals surface area (Å²) < 4.78 is 0. The van der Waals surface area contributed by atoms with E-state index in [4.69, 9.17) is 0 Å². The van der Waals surface area contributed by atoms with Crippen LogP contribution in [0.2, 0.25) is 0 Å². The first-order chi connectivity index (χ1) is 5.97. The molecule has 1 unspecified atom stereocenters. The van der Waals surface area contributed by atoms with E-state index in [-0.39, 0.29) is 0 Å². The third kappa shape index (κ3) is 6.09. The van der Waals surface area contributed by atoms with Gasteiger partial charge in [-0.15, -0.1) is 0 Å². The van der Waals surface area contributed by atoms with Gasteiger partial charge >= 0.3 is 0 Å². The molecule has 0 aliphatic carbocycles. The van der Waals surface area contributed by atoms with Crippen LogP contribution in [-0.4, -0.2) is 25.0 Å². The molecule has 0 N–H and O–H groups in total. The van der Waals surface area contributed by atoms with Crippen LogP contribution in [0.15, 0.2) is 0 Å². The molecule has 0 fully saturated rings. The van der Waals surface area contributed by atoms with Gasteiger partial charge in [0.25, 0.3) is 0 Å². The number of nitrogens with zero attached hydrogens (tertiary/aromatic N) is 1. The Morgan fingerprint density at radius 1 is 1.08 bits per heavy atom. The molecule has 0 radical (unpaired) electrons. The molecular formula is C12H27N. The molecule has 0 saturated carbocycles. The summed E-state index contributed by atoms with van der Waals surface area (Å²) in [6.07, 6.45) is 1.36. The monoisotopic (exact) mass is 185 g/mol. The van der Waals surface area contributed by atoms with Crippen molar-refractivity contribution in [3.05, 3.63) is 0 Å². The second kappa shape index (κ2) is 6.42. The highest BCUT2D eigenvalue weighted by Gasteiger charge is 2.16. The number of hydrogen-bond acceptors (Lipinski definition) is 1. The van der Waals surface area contributed by atoms with Gasteiger partial charge in [-0.1, -0.05) is 34.6 Å². The topological polar surface area (TPSA) is 3.24 Å². The van der Waals surface area contributed by atoms with Gasteiger partial charge in [0.05, 0.1) is 0 Å². The summed E-state index contributed by atoms with van der Waals surface area (Å²) in [6.45, 7) is 14.0. The van der Waals surface area contributed by atoms with Crippen molar-refractivity contribution in [3.8, 4) is 0 Å². The van der Waals surface area contributed by atoms with E-state index in [2.05, 4.69) is 46.6 Å². The van der Waals surface area contributed by atoms with Crippen molar-refractivity contribution < 1.29 is 0 Å². The second-order valence-corrected chi connectivity index (χ2v) is 4.99. The third-order valence-electron chi connectivity index (χ3n) is 2.80. The zero-order chi connectivity index (χ0) is 10.4. The van der Waals surface area contributed by atoms with Crippen LogP contribution < -0.4 is 0 Å². The van der Waals surface area contributed by atoms with E-state index in [9.17, 15) is 0 Å². The molecule has 0 aromatic carbocycles. The van der Waals surface area contributed by atoms with Crippen LogP contribution in [0.1, 0.15) is 41.0 Å². The highest BCUT2D eigenvalue weighted by molar-refractivity contribution is 4.68. The predicted molar refractivity (Wildman–Crippen MR) is 61.0 cm³/mol. The summed E-state index contributed by atoms with van der Waals surface area (Å²) in [6, 6.07) is 0. The molecule has 0 aromatic heterocycles. The van der Waals surface area contributed by atoms with Crippen molar-refractivity contribution in [2.45, 2.75) is 41.0 Å². The van der Waals surface area contributed by atoms with Gasteiger partial charge in [-0.05, 0) is 37.8 Å². The Morgan fingerprint density at radius 3 is 1.92 bits per heavy atom. The van der Waals surface area contributed by atoms with Crippen LogP contribution in [0.4, 0.5) is 0 Å². The standard InChI is InChI=1S/C12H27N/c1-7-13(6)9-12(11(4)5)8-10(2)3/h10-12H,7-9H2,1-6H3. The second-order valence-electron chi connectivity index (χ2n) is 4.99. The van der Waals surface area contributed by atoms with E-state index in [1.54, 1.807) is 0 Å². The summed E-state index contributed by atoms with van der Waals surface area (Å²) in [7, 11) is 2.22. The maximum atomic E-state index is 2.42. The predicted octanol–water partition coefficient (Wildman–Crippen LogP) is 3.26. The summed E-state index contributed by atoms with van der Waals surface area (Å²) >= 11 is 0. The van der Waals surface area contributed by atoms with Gasteiger partial charge in [-0.3, -0.25) is 0 Å². The molecule has 80 valence electrons. The largest absolute Gasteiger partial charge is 0.306 e. The molecule has 0 aliphatic rings.